The highest BCUT2D eigenvalue weighted by Crippen LogP contribution is 2.31. The molecule has 184 valence electrons. The lowest BCUT2D eigenvalue weighted by Crippen LogP contribution is -2.47. The second kappa shape index (κ2) is 11.3. The first-order valence-electron chi connectivity index (χ1n) is 12.3. The van der Waals surface area contributed by atoms with Crippen LogP contribution in [0, 0.1) is 0 Å². The normalized spacial score (nSPS) is 15.6. The first-order chi connectivity index (χ1) is 17.0. The summed E-state index contributed by atoms with van der Waals surface area (Å²) in [6.45, 7) is 9.69. The summed E-state index contributed by atoms with van der Waals surface area (Å²) in [6, 6.07) is 19.3. The Bertz CT molecular complexity index is 1120. The summed E-state index contributed by atoms with van der Waals surface area (Å²) >= 11 is 0. The first kappa shape index (κ1) is 24.7. The molecule has 4 rings (SSSR count). The van der Waals surface area contributed by atoms with Gasteiger partial charge in [-0.3, -0.25) is 19.4 Å². The number of amides is 2. The Labute approximate surface area is 207 Å². The molecule has 2 amide bonds. The van der Waals surface area contributed by atoms with Gasteiger partial charge in [-0.25, -0.2) is 0 Å². The van der Waals surface area contributed by atoms with Crippen LogP contribution in [0.2, 0.25) is 0 Å². The molecule has 0 radical (unpaired) electrons. The largest absolute Gasteiger partial charge is 0.468 e. The average molecular weight is 475 g/mol. The number of hydrogen-bond acceptors (Lipinski definition) is 5. The highest BCUT2D eigenvalue weighted by Gasteiger charge is 2.27. The van der Waals surface area contributed by atoms with Crippen LogP contribution in [-0.4, -0.2) is 65.8 Å². The van der Waals surface area contributed by atoms with Gasteiger partial charge in [0.05, 0.1) is 18.8 Å². The quantitative estimate of drug-likeness (QED) is 0.511. The van der Waals surface area contributed by atoms with Crippen LogP contribution in [-0.2, 0) is 6.54 Å². The highest BCUT2D eigenvalue weighted by atomic mass is 16.3. The lowest BCUT2D eigenvalue weighted by atomic mass is 9.94. The topological polar surface area (TPSA) is 83.0 Å². The standard InChI is InChI=1S/C28H34N4O3/c1-3-31(4-2)28(34)22-12-10-21(11-13-22)26(23-7-5-8-24(19-23)27(29)33)32-16-14-30(15-17-32)20-25-9-6-18-35-25/h5-13,18-19,26H,3-4,14-17,20H2,1-2H3,(H2,29,33). The van der Waals surface area contributed by atoms with E-state index in [1.165, 1.54) is 0 Å². The van der Waals surface area contributed by atoms with Crippen molar-refractivity contribution in [2.45, 2.75) is 26.4 Å². The summed E-state index contributed by atoms with van der Waals surface area (Å²) in [5.74, 6) is 0.576. The molecular formula is C28H34N4O3. The molecule has 1 unspecified atom stereocenters. The van der Waals surface area contributed by atoms with E-state index in [4.69, 9.17) is 10.2 Å². The molecule has 35 heavy (non-hydrogen) atoms. The van der Waals surface area contributed by atoms with Crippen molar-refractivity contribution < 1.29 is 14.0 Å². The molecule has 0 spiro atoms. The zero-order chi connectivity index (χ0) is 24.8. The summed E-state index contributed by atoms with van der Waals surface area (Å²) in [5.41, 5.74) is 8.87. The maximum Gasteiger partial charge on any atom is 0.253 e. The summed E-state index contributed by atoms with van der Waals surface area (Å²) < 4.78 is 5.52. The maximum absolute atomic E-state index is 12.8. The third-order valence-electron chi connectivity index (χ3n) is 6.74. The number of rotatable bonds is 9. The Morgan fingerprint density at radius 1 is 0.914 bits per heavy atom. The Morgan fingerprint density at radius 3 is 2.23 bits per heavy atom. The fourth-order valence-corrected chi connectivity index (χ4v) is 4.78. The third-order valence-corrected chi connectivity index (χ3v) is 6.74. The van der Waals surface area contributed by atoms with E-state index in [9.17, 15) is 9.59 Å². The van der Waals surface area contributed by atoms with Crippen molar-refractivity contribution in [3.8, 4) is 0 Å². The second-order valence-electron chi connectivity index (χ2n) is 8.88. The van der Waals surface area contributed by atoms with Crippen molar-refractivity contribution in [3.05, 3.63) is 94.9 Å². The number of nitrogens with zero attached hydrogens (tertiary/aromatic N) is 3. The van der Waals surface area contributed by atoms with Gasteiger partial charge in [-0.05, 0) is 61.4 Å². The minimum atomic E-state index is -0.436. The molecule has 1 aromatic heterocycles. The van der Waals surface area contributed by atoms with Crippen molar-refractivity contribution in [2.75, 3.05) is 39.3 Å². The monoisotopic (exact) mass is 474 g/mol. The minimum Gasteiger partial charge on any atom is -0.468 e. The van der Waals surface area contributed by atoms with Gasteiger partial charge in [0, 0.05) is 50.4 Å². The number of carbonyl (C=O) groups is 2. The van der Waals surface area contributed by atoms with E-state index in [1.54, 1.807) is 12.3 Å². The molecule has 3 aromatic rings. The molecule has 7 heteroatoms. The average Bonchev–Trinajstić information content (AvgIpc) is 3.39. The van der Waals surface area contributed by atoms with Crippen LogP contribution in [0.5, 0.6) is 0 Å². The van der Waals surface area contributed by atoms with E-state index < -0.39 is 5.91 Å². The van der Waals surface area contributed by atoms with Crippen molar-refractivity contribution in [2.24, 2.45) is 5.73 Å². The Balaban J connectivity index is 1.58. The second-order valence-corrected chi connectivity index (χ2v) is 8.88. The molecule has 1 saturated heterocycles. The maximum atomic E-state index is 12.8. The number of piperazine rings is 1. The molecule has 1 fully saturated rings. The van der Waals surface area contributed by atoms with Crippen LogP contribution in [0.15, 0.2) is 71.3 Å². The van der Waals surface area contributed by atoms with Gasteiger partial charge in [0.15, 0.2) is 0 Å². The lowest BCUT2D eigenvalue weighted by molar-refractivity contribution is 0.0772. The zero-order valence-corrected chi connectivity index (χ0v) is 20.5. The summed E-state index contributed by atoms with van der Waals surface area (Å²) in [5, 5.41) is 0. The number of hydrogen-bond donors (Lipinski definition) is 1. The molecule has 1 atom stereocenters. The molecule has 0 aliphatic carbocycles. The summed E-state index contributed by atoms with van der Waals surface area (Å²) in [7, 11) is 0. The molecule has 1 aliphatic rings. The lowest BCUT2D eigenvalue weighted by Gasteiger charge is -2.39. The molecule has 0 saturated carbocycles. The van der Waals surface area contributed by atoms with Crippen molar-refractivity contribution in [1.82, 2.24) is 14.7 Å². The molecule has 7 nitrogen and oxygen atoms in total. The van der Waals surface area contributed by atoms with Gasteiger partial charge < -0.3 is 15.1 Å². The molecule has 1 aliphatic heterocycles. The number of primary amides is 1. The number of benzene rings is 2. The minimum absolute atomic E-state index is 0.0420. The first-order valence-corrected chi connectivity index (χ1v) is 12.3. The predicted octanol–water partition coefficient (Wildman–Crippen LogP) is 3.77. The fourth-order valence-electron chi connectivity index (χ4n) is 4.78. The number of nitrogens with two attached hydrogens (primary N) is 1. The predicted molar refractivity (Wildman–Crippen MR) is 136 cm³/mol. The van der Waals surface area contributed by atoms with Gasteiger partial charge in [-0.1, -0.05) is 24.3 Å². The molecular weight excluding hydrogens is 440 g/mol. The molecule has 2 aromatic carbocycles. The van der Waals surface area contributed by atoms with Gasteiger partial charge in [0.1, 0.15) is 5.76 Å². The zero-order valence-electron chi connectivity index (χ0n) is 20.5. The van der Waals surface area contributed by atoms with Crippen molar-refractivity contribution >= 4 is 11.8 Å². The van der Waals surface area contributed by atoms with Gasteiger partial charge >= 0.3 is 0 Å². The van der Waals surface area contributed by atoms with E-state index in [0.29, 0.717) is 24.2 Å². The van der Waals surface area contributed by atoms with Gasteiger partial charge in [-0.15, -0.1) is 0 Å². The Hall–Kier alpha value is -3.42. The van der Waals surface area contributed by atoms with Gasteiger partial charge in [0.25, 0.3) is 5.91 Å². The third kappa shape index (κ3) is 5.81. The van der Waals surface area contributed by atoms with Crippen LogP contribution < -0.4 is 5.73 Å². The van der Waals surface area contributed by atoms with E-state index in [0.717, 1.165) is 49.6 Å². The molecule has 2 heterocycles. The fraction of sp³-hybridized carbons (Fsp3) is 0.357. The van der Waals surface area contributed by atoms with E-state index in [1.807, 2.05) is 73.3 Å². The van der Waals surface area contributed by atoms with Crippen LogP contribution >= 0.6 is 0 Å². The van der Waals surface area contributed by atoms with Crippen molar-refractivity contribution in [3.63, 3.8) is 0 Å². The van der Waals surface area contributed by atoms with E-state index >= 15 is 0 Å². The highest BCUT2D eigenvalue weighted by molar-refractivity contribution is 5.94. The van der Waals surface area contributed by atoms with E-state index in [2.05, 4.69) is 9.80 Å². The SMILES string of the molecule is CCN(CC)C(=O)c1ccc(C(c2cccc(C(N)=O)c2)N2CCN(Cc3ccco3)CC2)cc1. The van der Waals surface area contributed by atoms with Crippen molar-refractivity contribution in [1.29, 1.82) is 0 Å². The van der Waals surface area contributed by atoms with Crippen LogP contribution in [0.3, 0.4) is 0 Å². The Kier molecular flexibility index (Phi) is 8.00. The molecule has 0 bridgehead atoms. The van der Waals surface area contributed by atoms with Crippen LogP contribution in [0.1, 0.15) is 57.5 Å². The van der Waals surface area contributed by atoms with Gasteiger partial charge in [0.2, 0.25) is 5.91 Å². The van der Waals surface area contributed by atoms with E-state index in [-0.39, 0.29) is 11.9 Å². The smallest absolute Gasteiger partial charge is 0.253 e. The summed E-state index contributed by atoms with van der Waals surface area (Å²) in [6.07, 6.45) is 1.71. The molecule has 2 N–H and O–H groups in total. The Morgan fingerprint density at radius 2 is 1.63 bits per heavy atom. The van der Waals surface area contributed by atoms with Crippen LogP contribution in [0.25, 0.3) is 0 Å². The van der Waals surface area contributed by atoms with Gasteiger partial charge in [-0.2, -0.15) is 0 Å². The number of carbonyl (C=O) groups excluding carboxylic acids is 2. The summed E-state index contributed by atoms with van der Waals surface area (Å²) in [4.78, 5) is 31.3. The van der Waals surface area contributed by atoms with Crippen LogP contribution in [0.4, 0.5) is 0 Å². The number of furan rings is 1.